The highest BCUT2D eigenvalue weighted by molar-refractivity contribution is 7.98. The molecule has 16 heavy (non-hydrogen) atoms. The van der Waals surface area contributed by atoms with Crippen molar-refractivity contribution in [1.82, 2.24) is 14.8 Å². The van der Waals surface area contributed by atoms with Gasteiger partial charge in [0.05, 0.1) is 11.4 Å². The molecule has 0 bridgehead atoms. The van der Waals surface area contributed by atoms with Crippen molar-refractivity contribution >= 4 is 17.7 Å². The second-order valence-corrected chi connectivity index (χ2v) is 3.91. The van der Waals surface area contributed by atoms with Gasteiger partial charge in [0.25, 0.3) is 0 Å². The Morgan fingerprint density at radius 1 is 1.44 bits per heavy atom. The first-order valence-corrected chi connectivity index (χ1v) is 5.54. The lowest BCUT2D eigenvalue weighted by atomic mass is 10.3. The molecule has 1 N–H and O–H groups in total. The molecule has 0 saturated carbocycles. The number of carbonyl (C=O) groups is 1. The number of carboxylic acid groups (broad SMARTS) is 1. The molecule has 5 nitrogen and oxygen atoms in total. The van der Waals surface area contributed by atoms with Crippen LogP contribution in [0, 0.1) is 0 Å². The first kappa shape index (κ1) is 10.7. The van der Waals surface area contributed by atoms with E-state index in [1.165, 1.54) is 11.8 Å². The number of rotatable bonds is 4. The molecule has 0 unspecified atom stereocenters. The topological polar surface area (TPSA) is 68.0 Å². The zero-order valence-electron chi connectivity index (χ0n) is 8.28. The Labute approximate surface area is 96.1 Å². The van der Waals surface area contributed by atoms with E-state index in [2.05, 4.69) is 10.1 Å². The molecule has 2 aromatic rings. The van der Waals surface area contributed by atoms with Crippen LogP contribution in [0.1, 0.15) is 10.4 Å². The van der Waals surface area contributed by atoms with Crippen LogP contribution in [0.2, 0.25) is 0 Å². The third kappa shape index (κ3) is 2.40. The second kappa shape index (κ2) is 4.80. The summed E-state index contributed by atoms with van der Waals surface area (Å²) in [6.07, 6.45) is 5.07. The van der Waals surface area contributed by atoms with E-state index in [0.29, 0.717) is 10.9 Å². The summed E-state index contributed by atoms with van der Waals surface area (Å²) in [6.45, 7) is 0. The molecule has 2 aromatic heterocycles. The molecule has 2 heterocycles. The van der Waals surface area contributed by atoms with E-state index in [9.17, 15) is 4.79 Å². The van der Waals surface area contributed by atoms with Crippen LogP contribution in [0.3, 0.4) is 0 Å². The van der Waals surface area contributed by atoms with Crippen LogP contribution in [0.4, 0.5) is 0 Å². The minimum Gasteiger partial charge on any atom is -0.478 e. The average Bonchev–Trinajstić information content (AvgIpc) is 2.79. The standard InChI is InChI=1S/C10H9N3O2S/c14-10(15)8-3-1-4-11-9(8)16-7-13-6-2-5-12-13/h1-6H,7H2,(H,14,15). The highest BCUT2D eigenvalue weighted by Gasteiger charge is 2.10. The van der Waals surface area contributed by atoms with Gasteiger partial charge >= 0.3 is 5.97 Å². The van der Waals surface area contributed by atoms with Crippen molar-refractivity contribution in [2.45, 2.75) is 10.9 Å². The number of aromatic carboxylic acids is 1. The van der Waals surface area contributed by atoms with Gasteiger partial charge in [0.2, 0.25) is 0 Å². The summed E-state index contributed by atoms with van der Waals surface area (Å²) >= 11 is 1.34. The fraction of sp³-hybridized carbons (Fsp3) is 0.100. The van der Waals surface area contributed by atoms with Gasteiger partial charge in [-0.1, -0.05) is 11.8 Å². The molecular formula is C10H9N3O2S. The van der Waals surface area contributed by atoms with Crippen molar-refractivity contribution in [2.75, 3.05) is 0 Å². The van der Waals surface area contributed by atoms with Crippen molar-refractivity contribution in [1.29, 1.82) is 0 Å². The summed E-state index contributed by atoms with van der Waals surface area (Å²) < 4.78 is 1.71. The summed E-state index contributed by atoms with van der Waals surface area (Å²) in [7, 11) is 0. The predicted octanol–water partition coefficient (Wildman–Crippen LogP) is 1.73. The van der Waals surface area contributed by atoms with Gasteiger partial charge in [-0.25, -0.2) is 9.78 Å². The monoisotopic (exact) mass is 235 g/mol. The maximum Gasteiger partial charge on any atom is 0.338 e. The van der Waals surface area contributed by atoms with Gasteiger partial charge in [-0.05, 0) is 18.2 Å². The Balaban J connectivity index is 2.12. The van der Waals surface area contributed by atoms with E-state index in [1.807, 2.05) is 12.3 Å². The van der Waals surface area contributed by atoms with E-state index in [1.54, 1.807) is 29.2 Å². The number of carboxylic acids is 1. The normalized spacial score (nSPS) is 10.2. The summed E-state index contributed by atoms with van der Waals surface area (Å²) in [5.41, 5.74) is 0.222. The number of hydrogen-bond donors (Lipinski definition) is 1. The Bertz CT molecular complexity index is 485. The average molecular weight is 235 g/mol. The molecule has 0 radical (unpaired) electrons. The number of thioether (sulfide) groups is 1. The Kier molecular flexibility index (Phi) is 3.21. The first-order valence-electron chi connectivity index (χ1n) is 4.56. The van der Waals surface area contributed by atoms with E-state index in [4.69, 9.17) is 5.11 Å². The van der Waals surface area contributed by atoms with Crippen molar-refractivity contribution in [2.24, 2.45) is 0 Å². The molecule has 0 spiro atoms. The first-order chi connectivity index (χ1) is 7.77. The van der Waals surface area contributed by atoms with Crippen molar-refractivity contribution < 1.29 is 9.90 Å². The van der Waals surface area contributed by atoms with Crippen LogP contribution < -0.4 is 0 Å². The van der Waals surface area contributed by atoms with Crippen LogP contribution in [0.5, 0.6) is 0 Å². The molecule has 0 aliphatic heterocycles. The molecule has 82 valence electrons. The second-order valence-electron chi connectivity index (χ2n) is 2.98. The largest absolute Gasteiger partial charge is 0.478 e. The minimum absolute atomic E-state index is 0.222. The molecule has 0 amide bonds. The van der Waals surface area contributed by atoms with Crippen LogP contribution in [-0.4, -0.2) is 25.8 Å². The maximum absolute atomic E-state index is 10.9. The van der Waals surface area contributed by atoms with Gasteiger partial charge < -0.3 is 5.11 Å². The number of aromatic nitrogens is 3. The van der Waals surface area contributed by atoms with Crippen molar-refractivity contribution in [3.05, 3.63) is 42.4 Å². The van der Waals surface area contributed by atoms with Gasteiger partial charge in [-0.15, -0.1) is 0 Å². The van der Waals surface area contributed by atoms with Crippen LogP contribution in [-0.2, 0) is 5.88 Å². The smallest absolute Gasteiger partial charge is 0.338 e. The summed E-state index contributed by atoms with van der Waals surface area (Å²) in [6, 6.07) is 4.97. The third-order valence-electron chi connectivity index (χ3n) is 1.89. The molecule has 0 aromatic carbocycles. The highest BCUT2D eigenvalue weighted by Crippen LogP contribution is 2.21. The van der Waals surface area contributed by atoms with Gasteiger partial charge in [0.1, 0.15) is 5.03 Å². The van der Waals surface area contributed by atoms with Gasteiger partial charge in [-0.3, -0.25) is 4.68 Å². The molecule has 0 atom stereocenters. The lowest BCUT2D eigenvalue weighted by Gasteiger charge is -2.04. The van der Waals surface area contributed by atoms with Gasteiger partial charge in [0.15, 0.2) is 0 Å². The Morgan fingerprint density at radius 3 is 3.00 bits per heavy atom. The van der Waals surface area contributed by atoms with E-state index >= 15 is 0 Å². The minimum atomic E-state index is -0.962. The molecule has 6 heteroatoms. The van der Waals surface area contributed by atoms with Crippen LogP contribution in [0.15, 0.2) is 41.8 Å². The number of nitrogens with zero attached hydrogens (tertiary/aromatic N) is 3. The van der Waals surface area contributed by atoms with E-state index < -0.39 is 5.97 Å². The fourth-order valence-corrected chi connectivity index (χ4v) is 2.03. The zero-order valence-corrected chi connectivity index (χ0v) is 9.09. The number of pyridine rings is 1. The Hall–Kier alpha value is -1.82. The van der Waals surface area contributed by atoms with Gasteiger partial charge in [-0.2, -0.15) is 5.10 Å². The van der Waals surface area contributed by atoms with Crippen LogP contribution in [0.25, 0.3) is 0 Å². The molecule has 2 rings (SSSR count). The lowest BCUT2D eigenvalue weighted by Crippen LogP contribution is -2.02. The molecule has 0 aliphatic carbocycles. The van der Waals surface area contributed by atoms with Crippen molar-refractivity contribution in [3.63, 3.8) is 0 Å². The molecule has 0 aliphatic rings. The third-order valence-corrected chi connectivity index (χ3v) is 2.89. The highest BCUT2D eigenvalue weighted by atomic mass is 32.2. The Morgan fingerprint density at radius 2 is 2.31 bits per heavy atom. The predicted molar refractivity (Wildman–Crippen MR) is 59.3 cm³/mol. The quantitative estimate of drug-likeness (QED) is 0.817. The summed E-state index contributed by atoms with van der Waals surface area (Å²) in [4.78, 5) is 14.9. The zero-order chi connectivity index (χ0) is 11.4. The van der Waals surface area contributed by atoms with E-state index in [0.717, 1.165) is 0 Å². The fourth-order valence-electron chi connectivity index (χ4n) is 1.17. The van der Waals surface area contributed by atoms with Crippen molar-refractivity contribution in [3.8, 4) is 0 Å². The summed E-state index contributed by atoms with van der Waals surface area (Å²) in [5, 5.41) is 13.5. The lowest BCUT2D eigenvalue weighted by molar-refractivity contribution is 0.0692. The molecule has 0 saturated heterocycles. The molecule has 0 fully saturated rings. The maximum atomic E-state index is 10.9. The van der Waals surface area contributed by atoms with Crippen LogP contribution >= 0.6 is 11.8 Å². The van der Waals surface area contributed by atoms with Gasteiger partial charge in [0, 0.05) is 18.6 Å². The number of hydrogen-bond acceptors (Lipinski definition) is 4. The van der Waals surface area contributed by atoms with E-state index in [-0.39, 0.29) is 5.56 Å². The SMILES string of the molecule is O=C(O)c1cccnc1SCn1cccn1. The summed E-state index contributed by atoms with van der Waals surface area (Å²) in [5.74, 6) is -0.416. The molecular weight excluding hydrogens is 226 g/mol.